The number of aryl methyl sites for hydroxylation is 1. The van der Waals surface area contributed by atoms with E-state index in [1.807, 2.05) is 39.0 Å². The Morgan fingerprint density at radius 2 is 1.90 bits per heavy atom. The zero-order chi connectivity index (χ0) is 21.9. The summed E-state index contributed by atoms with van der Waals surface area (Å²) in [5, 5.41) is 13.0. The normalized spacial score (nSPS) is 18.3. The molecular formula is C23H30N2O5. The minimum Gasteiger partial charge on any atom is -0.493 e. The molecule has 2 aromatic rings. The molecule has 0 radical (unpaired) electrons. The maximum absolute atomic E-state index is 12.6. The predicted octanol–water partition coefficient (Wildman–Crippen LogP) is 3.56. The fourth-order valence-corrected chi connectivity index (χ4v) is 4.01. The number of hydrogen-bond donors (Lipinski definition) is 2. The van der Waals surface area contributed by atoms with Gasteiger partial charge >= 0.3 is 6.09 Å². The van der Waals surface area contributed by atoms with Crippen LogP contribution in [0.4, 0.5) is 4.79 Å². The molecule has 162 valence electrons. The first-order chi connectivity index (χ1) is 14.3. The van der Waals surface area contributed by atoms with E-state index in [9.17, 15) is 9.90 Å². The molecule has 7 nitrogen and oxygen atoms in total. The van der Waals surface area contributed by atoms with Crippen LogP contribution < -0.4 is 14.8 Å². The third kappa shape index (κ3) is 4.67. The van der Waals surface area contributed by atoms with E-state index in [1.165, 1.54) is 0 Å². The Hall–Kier alpha value is -2.80. The molecule has 2 N–H and O–H groups in total. The topological polar surface area (TPSA) is 89.9 Å². The Morgan fingerprint density at radius 3 is 2.53 bits per heavy atom. The third-order valence-corrected chi connectivity index (χ3v) is 5.26. The Balaban J connectivity index is 2.08. The van der Waals surface area contributed by atoms with Crippen molar-refractivity contribution in [2.24, 2.45) is 0 Å². The number of alkyl carbamates (subject to hydrolysis) is 1. The largest absolute Gasteiger partial charge is 0.493 e. The van der Waals surface area contributed by atoms with E-state index in [0.717, 1.165) is 35.1 Å². The summed E-state index contributed by atoms with van der Waals surface area (Å²) < 4.78 is 16.5. The Kier molecular flexibility index (Phi) is 6.51. The minimum atomic E-state index is -0.588. The van der Waals surface area contributed by atoms with Gasteiger partial charge in [-0.2, -0.15) is 0 Å². The first-order valence-electron chi connectivity index (χ1n) is 10.0. The Morgan fingerprint density at radius 1 is 1.20 bits per heavy atom. The number of ether oxygens (including phenoxy) is 3. The zero-order valence-corrected chi connectivity index (χ0v) is 18.2. The molecular weight excluding hydrogens is 384 g/mol. The van der Waals surface area contributed by atoms with Crippen molar-refractivity contribution in [3.8, 4) is 11.5 Å². The molecule has 2 atom stereocenters. The van der Waals surface area contributed by atoms with Crippen LogP contribution in [0.15, 0.2) is 30.6 Å². The Bertz CT molecular complexity index is 907. The summed E-state index contributed by atoms with van der Waals surface area (Å²) in [5.41, 5.74) is 3.21. The van der Waals surface area contributed by atoms with E-state index in [2.05, 4.69) is 10.3 Å². The SMILES string of the molecule is COc1cc2c(cc1OC)C(c1ccncc1CO)C(NC(=O)OC(C)(C)C)CC2. The molecule has 30 heavy (non-hydrogen) atoms. The number of nitrogens with one attached hydrogen (secondary N) is 1. The van der Waals surface area contributed by atoms with Gasteiger partial charge in [-0.05, 0) is 74.1 Å². The van der Waals surface area contributed by atoms with Gasteiger partial charge in [0.05, 0.1) is 20.8 Å². The second-order valence-electron chi connectivity index (χ2n) is 8.41. The van der Waals surface area contributed by atoms with Crippen LogP contribution in [0.3, 0.4) is 0 Å². The number of aliphatic hydroxyl groups is 1. The van der Waals surface area contributed by atoms with Gasteiger partial charge in [0, 0.05) is 24.4 Å². The molecule has 0 saturated carbocycles. The number of aromatic nitrogens is 1. The molecule has 1 aromatic carbocycles. The van der Waals surface area contributed by atoms with Gasteiger partial charge in [0.15, 0.2) is 11.5 Å². The van der Waals surface area contributed by atoms with Crippen LogP contribution in [0.25, 0.3) is 0 Å². The summed E-state index contributed by atoms with van der Waals surface area (Å²) in [6.07, 6.45) is 4.40. The number of aliphatic hydroxyl groups excluding tert-OH is 1. The monoisotopic (exact) mass is 414 g/mol. The molecule has 3 rings (SSSR count). The number of carbonyl (C=O) groups is 1. The lowest BCUT2D eigenvalue weighted by Gasteiger charge is -2.36. The number of pyridine rings is 1. The first-order valence-corrected chi connectivity index (χ1v) is 10.0. The molecule has 1 amide bonds. The van der Waals surface area contributed by atoms with Crippen LogP contribution in [-0.2, 0) is 17.8 Å². The highest BCUT2D eigenvalue weighted by atomic mass is 16.6. The highest BCUT2D eigenvalue weighted by Gasteiger charge is 2.35. The zero-order valence-electron chi connectivity index (χ0n) is 18.2. The van der Waals surface area contributed by atoms with Gasteiger partial charge in [-0.25, -0.2) is 4.79 Å². The fourth-order valence-electron chi connectivity index (χ4n) is 4.01. The second kappa shape index (κ2) is 8.92. The van der Waals surface area contributed by atoms with Gasteiger partial charge in [0.25, 0.3) is 0 Å². The number of rotatable bonds is 5. The number of hydrogen-bond acceptors (Lipinski definition) is 6. The van der Waals surface area contributed by atoms with Crippen molar-refractivity contribution >= 4 is 6.09 Å². The molecule has 0 saturated heterocycles. The van der Waals surface area contributed by atoms with E-state index in [1.54, 1.807) is 26.6 Å². The number of carbonyl (C=O) groups excluding carboxylic acids is 1. The van der Waals surface area contributed by atoms with Gasteiger partial charge in [-0.1, -0.05) is 0 Å². The van der Waals surface area contributed by atoms with Crippen molar-refractivity contribution in [3.05, 3.63) is 52.8 Å². The number of benzene rings is 1. The van der Waals surface area contributed by atoms with Crippen molar-refractivity contribution in [2.75, 3.05) is 14.2 Å². The van der Waals surface area contributed by atoms with Crippen LogP contribution in [0.2, 0.25) is 0 Å². The van der Waals surface area contributed by atoms with Gasteiger partial charge in [-0.15, -0.1) is 0 Å². The molecule has 1 aliphatic carbocycles. The lowest BCUT2D eigenvalue weighted by atomic mass is 9.74. The summed E-state index contributed by atoms with van der Waals surface area (Å²) in [6, 6.07) is 5.64. The Labute approximate surface area is 177 Å². The molecule has 7 heteroatoms. The standard InChI is InChI=1S/C23H30N2O5/c1-23(2,3)30-22(27)25-18-7-6-14-10-19(28-4)20(29-5)11-17(14)21(18)16-8-9-24-12-15(16)13-26/h8-12,18,21,26H,6-7,13H2,1-5H3,(H,25,27). The highest BCUT2D eigenvalue weighted by Crippen LogP contribution is 2.43. The van der Waals surface area contributed by atoms with Crippen LogP contribution in [0.1, 0.15) is 55.4 Å². The molecule has 0 bridgehead atoms. The molecule has 1 heterocycles. The third-order valence-electron chi connectivity index (χ3n) is 5.26. The lowest BCUT2D eigenvalue weighted by Crippen LogP contribution is -2.44. The van der Waals surface area contributed by atoms with E-state index >= 15 is 0 Å². The van der Waals surface area contributed by atoms with Crippen molar-refractivity contribution in [3.63, 3.8) is 0 Å². The maximum atomic E-state index is 12.6. The predicted molar refractivity (Wildman–Crippen MR) is 113 cm³/mol. The summed E-state index contributed by atoms with van der Waals surface area (Å²) in [5.74, 6) is 1.11. The van der Waals surface area contributed by atoms with Crippen molar-refractivity contribution in [1.82, 2.24) is 10.3 Å². The summed E-state index contributed by atoms with van der Waals surface area (Å²) in [6.45, 7) is 5.37. The molecule has 0 spiro atoms. The van der Waals surface area contributed by atoms with Crippen LogP contribution in [-0.4, -0.2) is 42.0 Å². The van der Waals surface area contributed by atoms with Gasteiger partial charge in [-0.3, -0.25) is 4.98 Å². The summed E-state index contributed by atoms with van der Waals surface area (Å²) in [7, 11) is 3.22. The first kappa shape index (κ1) is 21.9. The molecule has 0 aliphatic heterocycles. The van der Waals surface area contributed by atoms with Gasteiger partial charge < -0.3 is 24.6 Å². The average Bonchev–Trinajstić information content (AvgIpc) is 2.71. The number of nitrogens with zero attached hydrogens (tertiary/aromatic N) is 1. The highest BCUT2D eigenvalue weighted by molar-refractivity contribution is 5.69. The quantitative estimate of drug-likeness (QED) is 0.778. The number of fused-ring (bicyclic) bond motifs is 1. The van der Waals surface area contributed by atoms with Crippen LogP contribution in [0.5, 0.6) is 11.5 Å². The van der Waals surface area contributed by atoms with Gasteiger partial charge in [0.2, 0.25) is 0 Å². The smallest absolute Gasteiger partial charge is 0.407 e. The average molecular weight is 415 g/mol. The van der Waals surface area contributed by atoms with E-state index in [-0.39, 0.29) is 18.6 Å². The molecule has 2 unspecified atom stereocenters. The van der Waals surface area contributed by atoms with Crippen molar-refractivity contribution in [2.45, 2.75) is 57.8 Å². The summed E-state index contributed by atoms with van der Waals surface area (Å²) in [4.78, 5) is 16.7. The van der Waals surface area contributed by atoms with Crippen LogP contribution >= 0.6 is 0 Å². The lowest BCUT2D eigenvalue weighted by molar-refractivity contribution is 0.0495. The molecule has 1 aliphatic rings. The maximum Gasteiger partial charge on any atom is 0.407 e. The fraction of sp³-hybridized carbons (Fsp3) is 0.478. The van der Waals surface area contributed by atoms with Crippen molar-refractivity contribution in [1.29, 1.82) is 0 Å². The van der Waals surface area contributed by atoms with E-state index in [0.29, 0.717) is 11.5 Å². The molecule has 1 aromatic heterocycles. The molecule has 0 fully saturated rings. The van der Waals surface area contributed by atoms with E-state index in [4.69, 9.17) is 14.2 Å². The second-order valence-corrected chi connectivity index (χ2v) is 8.41. The van der Waals surface area contributed by atoms with Crippen molar-refractivity contribution < 1.29 is 24.1 Å². The minimum absolute atomic E-state index is 0.137. The van der Waals surface area contributed by atoms with E-state index < -0.39 is 11.7 Å². The van der Waals surface area contributed by atoms with Gasteiger partial charge in [0.1, 0.15) is 5.60 Å². The number of amides is 1. The van der Waals surface area contributed by atoms with Crippen LogP contribution in [0, 0.1) is 0 Å². The number of methoxy groups -OCH3 is 2. The summed E-state index contributed by atoms with van der Waals surface area (Å²) >= 11 is 0.